The Morgan fingerprint density at radius 2 is 1.63 bits per heavy atom. The molecule has 1 atom stereocenters. The molecule has 0 unspecified atom stereocenters. The normalized spacial score (nSPS) is 11.8. The zero-order valence-electron chi connectivity index (χ0n) is 16.0. The van der Waals surface area contributed by atoms with Crippen molar-refractivity contribution in [3.8, 4) is 11.5 Å². The molecular formula is C23H25NO3. The van der Waals surface area contributed by atoms with Crippen molar-refractivity contribution in [1.82, 2.24) is 4.90 Å². The second kappa shape index (κ2) is 8.58. The van der Waals surface area contributed by atoms with Gasteiger partial charge in [0, 0.05) is 13.6 Å². The Labute approximate surface area is 160 Å². The first-order valence-electron chi connectivity index (χ1n) is 9.14. The number of rotatable bonds is 7. The van der Waals surface area contributed by atoms with Gasteiger partial charge >= 0.3 is 0 Å². The van der Waals surface area contributed by atoms with Gasteiger partial charge in [-0.15, -0.1) is 0 Å². The van der Waals surface area contributed by atoms with Crippen LogP contribution in [0.5, 0.6) is 11.5 Å². The zero-order chi connectivity index (χ0) is 19.2. The molecule has 4 nitrogen and oxygen atoms in total. The van der Waals surface area contributed by atoms with Crippen LogP contribution in [-0.4, -0.2) is 31.1 Å². The predicted molar refractivity (Wildman–Crippen MR) is 108 cm³/mol. The number of fused-ring (bicyclic) bond motifs is 1. The molecule has 0 spiro atoms. The van der Waals surface area contributed by atoms with Crippen LogP contribution >= 0.6 is 0 Å². The summed E-state index contributed by atoms with van der Waals surface area (Å²) in [5.74, 6) is 1.49. The van der Waals surface area contributed by atoms with E-state index in [1.165, 1.54) is 0 Å². The number of likely N-dealkylation sites (N-methyl/N-ethyl adjacent to an activating group) is 1. The summed E-state index contributed by atoms with van der Waals surface area (Å²) in [6.07, 6.45) is 0.105. The number of hydrogen-bond acceptors (Lipinski definition) is 3. The van der Waals surface area contributed by atoms with Crippen LogP contribution in [0, 0.1) is 0 Å². The second-order valence-electron chi connectivity index (χ2n) is 6.57. The molecule has 3 aromatic carbocycles. The SMILES string of the molecule is CC[C@@H](Oc1ccc2ccccc2c1)C(=O)N(C)Cc1ccc(OC)cc1. The quantitative estimate of drug-likeness (QED) is 0.613. The minimum absolute atomic E-state index is 0.0264. The molecule has 0 N–H and O–H groups in total. The summed E-state index contributed by atoms with van der Waals surface area (Å²) in [4.78, 5) is 14.6. The maximum absolute atomic E-state index is 12.8. The van der Waals surface area contributed by atoms with E-state index in [4.69, 9.17) is 9.47 Å². The number of carbonyl (C=O) groups excluding carboxylic acids is 1. The van der Waals surface area contributed by atoms with E-state index in [9.17, 15) is 4.79 Å². The van der Waals surface area contributed by atoms with Crippen molar-refractivity contribution in [2.45, 2.75) is 26.0 Å². The van der Waals surface area contributed by atoms with Crippen LogP contribution in [0.4, 0.5) is 0 Å². The van der Waals surface area contributed by atoms with Gasteiger partial charge in [0.1, 0.15) is 11.5 Å². The highest BCUT2D eigenvalue weighted by atomic mass is 16.5. The number of nitrogens with zero attached hydrogens (tertiary/aromatic N) is 1. The molecular weight excluding hydrogens is 338 g/mol. The van der Waals surface area contributed by atoms with Gasteiger partial charge in [-0.3, -0.25) is 4.79 Å². The third kappa shape index (κ3) is 4.59. The summed E-state index contributed by atoms with van der Waals surface area (Å²) in [6.45, 7) is 2.49. The molecule has 0 aliphatic carbocycles. The lowest BCUT2D eigenvalue weighted by molar-refractivity contribution is -0.138. The summed E-state index contributed by atoms with van der Waals surface area (Å²) in [5.41, 5.74) is 1.05. The Bertz CT molecular complexity index is 905. The fraction of sp³-hybridized carbons (Fsp3) is 0.261. The van der Waals surface area contributed by atoms with Gasteiger partial charge in [-0.05, 0) is 47.0 Å². The van der Waals surface area contributed by atoms with Gasteiger partial charge in [0.2, 0.25) is 0 Å². The van der Waals surface area contributed by atoms with Crippen molar-refractivity contribution in [2.24, 2.45) is 0 Å². The summed E-state index contributed by atoms with van der Waals surface area (Å²) in [7, 11) is 3.44. The summed E-state index contributed by atoms with van der Waals surface area (Å²) >= 11 is 0. The topological polar surface area (TPSA) is 38.8 Å². The van der Waals surface area contributed by atoms with Crippen molar-refractivity contribution < 1.29 is 14.3 Å². The molecule has 27 heavy (non-hydrogen) atoms. The summed E-state index contributed by atoms with van der Waals surface area (Å²) < 4.78 is 11.2. The molecule has 0 aromatic heterocycles. The highest BCUT2D eigenvalue weighted by Crippen LogP contribution is 2.22. The number of methoxy groups -OCH3 is 1. The van der Waals surface area contributed by atoms with E-state index >= 15 is 0 Å². The average Bonchev–Trinajstić information content (AvgIpc) is 2.72. The standard InChI is InChI=1S/C23H25NO3/c1-4-22(27-21-14-11-18-7-5-6-8-19(18)15-21)23(25)24(2)16-17-9-12-20(26-3)13-10-17/h5-15,22H,4,16H2,1-3H3/t22-/m1/s1. The van der Waals surface area contributed by atoms with Crippen molar-refractivity contribution >= 4 is 16.7 Å². The average molecular weight is 363 g/mol. The second-order valence-corrected chi connectivity index (χ2v) is 6.57. The summed E-state index contributed by atoms with van der Waals surface area (Å²) in [6, 6.07) is 21.8. The number of benzene rings is 3. The lowest BCUT2D eigenvalue weighted by Gasteiger charge is -2.24. The van der Waals surface area contributed by atoms with Gasteiger partial charge in [0.05, 0.1) is 7.11 Å². The van der Waals surface area contributed by atoms with E-state index in [1.807, 2.05) is 67.6 Å². The van der Waals surface area contributed by atoms with Crippen LogP contribution < -0.4 is 9.47 Å². The lowest BCUT2D eigenvalue weighted by atomic mass is 10.1. The molecule has 0 saturated carbocycles. The Morgan fingerprint density at radius 1 is 0.963 bits per heavy atom. The maximum Gasteiger partial charge on any atom is 0.263 e. The molecule has 0 bridgehead atoms. The number of amides is 1. The van der Waals surface area contributed by atoms with Crippen LogP contribution in [0.1, 0.15) is 18.9 Å². The first-order chi connectivity index (χ1) is 13.1. The van der Waals surface area contributed by atoms with Gasteiger partial charge in [-0.1, -0.05) is 49.4 Å². The Balaban J connectivity index is 1.68. The molecule has 140 valence electrons. The van der Waals surface area contributed by atoms with Crippen LogP contribution in [0.3, 0.4) is 0 Å². The highest BCUT2D eigenvalue weighted by molar-refractivity contribution is 5.84. The van der Waals surface area contributed by atoms with E-state index < -0.39 is 6.10 Å². The number of ether oxygens (including phenoxy) is 2. The Morgan fingerprint density at radius 3 is 2.30 bits per heavy atom. The minimum atomic E-state index is -0.505. The van der Waals surface area contributed by atoms with Crippen molar-refractivity contribution in [1.29, 1.82) is 0 Å². The first-order valence-corrected chi connectivity index (χ1v) is 9.14. The molecule has 1 amide bonds. The Hall–Kier alpha value is -3.01. The lowest BCUT2D eigenvalue weighted by Crippen LogP contribution is -2.39. The molecule has 4 heteroatoms. The zero-order valence-corrected chi connectivity index (χ0v) is 16.0. The fourth-order valence-corrected chi connectivity index (χ4v) is 3.04. The van der Waals surface area contributed by atoms with Crippen molar-refractivity contribution in [3.63, 3.8) is 0 Å². The number of hydrogen-bond donors (Lipinski definition) is 0. The molecule has 0 radical (unpaired) electrons. The van der Waals surface area contributed by atoms with E-state index in [0.717, 1.165) is 22.1 Å². The van der Waals surface area contributed by atoms with Gasteiger partial charge < -0.3 is 14.4 Å². The molecule has 0 heterocycles. The van der Waals surface area contributed by atoms with E-state index in [0.29, 0.717) is 18.7 Å². The molecule has 0 aliphatic rings. The molecule has 0 aliphatic heterocycles. The third-order valence-electron chi connectivity index (χ3n) is 4.60. The smallest absolute Gasteiger partial charge is 0.263 e. The van der Waals surface area contributed by atoms with Crippen LogP contribution in [-0.2, 0) is 11.3 Å². The van der Waals surface area contributed by atoms with Gasteiger partial charge in [0.25, 0.3) is 5.91 Å². The van der Waals surface area contributed by atoms with Crippen LogP contribution in [0.15, 0.2) is 66.7 Å². The predicted octanol–water partition coefficient (Wildman–Crippen LogP) is 4.66. The van der Waals surface area contributed by atoms with Crippen molar-refractivity contribution in [3.05, 3.63) is 72.3 Å². The molecule has 3 aromatic rings. The van der Waals surface area contributed by atoms with E-state index in [-0.39, 0.29) is 5.91 Å². The molecule has 0 fully saturated rings. The summed E-state index contributed by atoms with van der Waals surface area (Å²) in [5, 5.41) is 2.25. The first kappa shape index (κ1) is 18.8. The minimum Gasteiger partial charge on any atom is -0.497 e. The van der Waals surface area contributed by atoms with Crippen molar-refractivity contribution in [2.75, 3.05) is 14.2 Å². The third-order valence-corrected chi connectivity index (χ3v) is 4.60. The van der Waals surface area contributed by atoms with Crippen LogP contribution in [0.2, 0.25) is 0 Å². The largest absolute Gasteiger partial charge is 0.497 e. The monoisotopic (exact) mass is 363 g/mol. The van der Waals surface area contributed by atoms with Gasteiger partial charge in [-0.25, -0.2) is 0 Å². The molecule has 0 saturated heterocycles. The molecule has 3 rings (SSSR count). The number of carbonyl (C=O) groups is 1. The van der Waals surface area contributed by atoms with Gasteiger partial charge in [0.15, 0.2) is 6.10 Å². The van der Waals surface area contributed by atoms with E-state index in [2.05, 4.69) is 6.07 Å². The Kier molecular flexibility index (Phi) is 5.97. The maximum atomic E-state index is 12.8. The van der Waals surface area contributed by atoms with Gasteiger partial charge in [-0.2, -0.15) is 0 Å². The fourth-order valence-electron chi connectivity index (χ4n) is 3.04. The van der Waals surface area contributed by atoms with E-state index in [1.54, 1.807) is 19.1 Å². The van der Waals surface area contributed by atoms with Crippen LogP contribution in [0.25, 0.3) is 10.8 Å². The highest BCUT2D eigenvalue weighted by Gasteiger charge is 2.22.